The fourth-order valence-electron chi connectivity index (χ4n) is 1.77. The molecule has 0 rings (SSSR count). The number of carbonyl (C=O) groups is 1. The van der Waals surface area contributed by atoms with Crippen LogP contribution in [0.25, 0.3) is 0 Å². The van der Waals surface area contributed by atoms with E-state index >= 15 is 0 Å². The van der Waals surface area contributed by atoms with Crippen LogP contribution in [0.1, 0.15) is 64.7 Å². The van der Waals surface area contributed by atoms with E-state index in [1.165, 1.54) is 32.1 Å². The van der Waals surface area contributed by atoms with Crippen molar-refractivity contribution in [1.82, 2.24) is 0 Å². The first-order chi connectivity index (χ1) is 7.95. The fraction of sp³-hybridized carbons (Fsp3) is 0.917. The van der Waals surface area contributed by atoms with Crippen molar-refractivity contribution < 1.29 is 19.5 Å². The quantitative estimate of drug-likeness (QED) is 0.396. The van der Waals surface area contributed by atoms with Gasteiger partial charge in [-0.2, -0.15) is 14.7 Å². The maximum Gasteiger partial charge on any atom is 0.411 e. The Balaban J connectivity index is 3.25. The van der Waals surface area contributed by atoms with Crippen LogP contribution in [-0.4, -0.2) is 26.6 Å². The normalized spacial score (nSPS) is 11.8. The van der Waals surface area contributed by atoms with Crippen molar-refractivity contribution in [3.63, 3.8) is 0 Å². The van der Waals surface area contributed by atoms with Gasteiger partial charge in [0, 0.05) is 6.42 Å². The Labute approximate surface area is 105 Å². The largest absolute Gasteiger partial charge is 0.411 e. The maximum atomic E-state index is 11.2. The highest BCUT2D eigenvalue weighted by Crippen LogP contribution is 2.44. The number of carbonyl (C=O) groups excluding carboxylic acids is 1. The number of Topliss-reactive ketones (excluding diaryl/α,β-unsaturated/α-hetero) is 1. The van der Waals surface area contributed by atoms with Crippen LogP contribution < -0.4 is 0 Å². The molecule has 0 atom stereocenters. The predicted molar refractivity (Wildman–Crippen MR) is 70.7 cm³/mol. The Kier molecular flexibility index (Phi) is 9.94. The van der Waals surface area contributed by atoms with E-state index in [1.807, 2.05) is 0 Å². The molecule has 0 saturated heterocycles. The molecule has 0 aromatic rings. The summed E-state index contributed by atoms with van der Waals surface area (Å²) in [6, 6.07) is 0. The predicted octanol–water partition coefficient (Wildman–Crippen LogP) is 2.83. The smallest absolute Gasteiger partial charge is 0.295 e. The van der Waals surface area contributed by atoms with E-state index in [1.54, 1.807) is 0 Å². The van der Waals surface area contributed by atoms with Gasteiger partial charge in [-0.25, -0.2) is 0 Å². The molecule has 0 unspecified atom stereocenters. The topological polar surface area (TPSA) is 77.8 Å². The molecule has 0 fully saturated rings. The van der Waals surface area contributed by atoms with Gasteiger partial charge in [0.25, 0.3) is 0 Å². The van der Waals surface area contributed by atoms with Gasteiger partial charge in [-0.15, -0.1) is 0 Å². The highest BCUT2D eigenvalue weighted by molar-refractivity contribution is 7.59. The molecule has 0 aromatic carbocycles. The highest BCUT2D eigenvalue weighted by atomic mass is 31.2. The SMILES string of the molecule is CCCCCCCCCCC(=O)C[P+](O)(O)O. The molecule has 17 heavy (non-hydrogen) atoms. The number of ketones is 1. The second-order valence-corrected chi connectivity index (χ2v) is 6.32. The van der Waals surface area contributed by atoms with Crippen LogP contribution in [0, 0.1) is 0 Å². The van der Waals surface area contributed by atoms with Gasteiger partial charge >= 0.3 is 7.94 Å². The molecule has 3 N–H and O–H groups in total. The maximum absolute atomic E-state index is 11.2. The molecule has 0 saturated carbocycles. The van der Waals surface area contributed by atoms with Crippen LogP contribution in [0.5, 0.6) is 0 Å². The first kappa shape index (κ1) is 17.0. The number of unbranched alkanes of at least 4 members (excludes halogenated alkanes) is 7. The Morgan fingerprint density at radius 3 is 1.82 bits per heavy atom. The van der Waals surface area contributed by atoms with E-state index in [2.05, 4.69) is 6.92 Å². The average molecular weight is 265 g/mol. The molecule has 0 radical (unpaired) electrons. The second kappa shape index (κ2) is 9.95. The number of hydrogen-bond acceptors (Lipinski definition) is 4. The van der Waals surface area contributed by atoms with E-state index in [-0.39, 0.29) is 5.78 Å². The summed E-state index contributed by atoms with van der Waals surface area (Å²) in [7, 11) is -3.90. The van der Waals surface area contributed by atoms with Gasteiger partial charge in [0.1, 0.15) is 0 Å². The molecular formula is C12H26O4P+. The minimum atomic E-state index is -3.90. The molecular weight excluding hydrogens is 239 g/mol. The monoisotopic (exact) mass is 265 g/mol. The summed E-state index contributed by atoms with van der Waals surface area (Å²) in [5.74, 6) is -0.253. The van der Waals surface area contributed by atoms with Crippen molar-refractivity contribution in [2.75, 3.05) is 6.16 Å². The molecule has 0 amide bonds. The van der Waals surface area contributed by atoms with Gasteiger partial charge in [-0.1, -0.05) is 51.9 Å². The molecule has 0 heterocycles. The van der Waals surface area contributed by atoms with Gasteiger partial charge in [0.05, 0.1) is 0 Å². The van der Waals surface area contributed by atoms with E-state index in [9.17, 15) is 4.79 Å². The van der Waals surface area contributed by atoms with Gasteiger partial charge in [-0.05, 0) is 6.42 Å². The van der Waals surface area contributed by atoms with Crippen molar-refractivity contribution in [2.24, 2.45) is 0 Å². The zero-order valence-corrected chi connectivity index (χ0v) is 11.7. The summed E-state index contributed by atoms with van der Waals surface area (Å²) in [5, 5.41) is 0. The first-order valence-corrected chi connectivity index (χ1v) is 8.37. The fourth-order valence-corrected chi connectivity index (χ4v) is 2.40. The molecule has 5 heteroatoms. The zero-order chi connectivity index (χ0) is 13.1. The third-order valence-electron chi connectivity index (χ3n) is 2.70. The van der Waals surface area contributed by atoms with E-state index in [4.69, 9.17) is 14.7 Å². The molecule has 102 valence electrons. The Morgan fingerprint density at radius 2 is 1.35 bits per heavy atom. The number of hydrogen-bond donors (Lipinski definition) is 3. The van der Waals surface area contributed by atoms with Gasteiger partial charge < -0.3 is 0 Å². The lowest BCUT2D eigenvalue weighted by Gasteiger charge is -2.03. The van der Waals surface area contributed by atoms with Gasteiger partial charge in [-0.3, -0.25) is 4.79 Å². The van der Waals surface area contributed by atoms with Crippen LogP contribution in [0.4, 0.5) is 0 Å². The summed E-state index contributed by atoms with van der Waals surface area (Å²) in [6.45, 7) is 2.19. The third-order valence-corrected chi connectivity index (χ3v) is 3.47. The van der Waals surface area contributed by atoms with E-state index in [0.717, 1.165) is 19.3 Å². The van der Waals surface area contributed by atoms with Gasteiger partial charge in [0.2, 0.25) is 0 Å². The summed E-state index contributed by atoms with van der Waals surface area (Å²) < 4.78 is 0. The lowest BCUT2D eigenvalue weighted by molar-refractivity contribution is -0.117. The Hall–Kier alpha value is -0.0200. The van der Waals surface area contributed by atoms with E-state index < -0.39 is 14.1 Å². The lowest BCUT2D eigenvalue weighted by atomic mass is 10.1. The molecule has 4 nitrogen and oxygen atoms in total. The van der Waals surface area contributed by atoms with Crippen LogP contribution in [-0.2, 0) is 4.79 Å². The van der Waals surface area contributed by atoms with Crippen LogP contribution in [0.15, 0.2) is 0 Å². The summed E-state index contributed by atoms with van der Waals surface area (Å²) in [5.41, 5.74) is 0. The Morgan fingerprint density at radius 1 is 0.882 bits per heavy atom. The molecule has 0 spiro atoms. The van der Waals surface area contributed by atoms with Gasteiger partial charge in [0.15, 0.2) is 11.9 Å². The third kappa shape index (κ3) is 13.9. The van der Waals surface area contributed by atoms with Crippen molar-refractivity contribution in [1.29, 1.82) is 0 Å². The molecule has 0 aliphatic heterocycles. The summed E-state index contributed by atoms with van der Waals surface area (Å²) in [6.07, 6.45) is 9.11. The van der Waals surface area contributed by atoms with E-state index in [0.29, 0.717) is 6.42 Å². The first-order valence-electron chi connectivity index (χ1n) is 6.53. The lowest BCUT2D eigenvalue weighted by Crippen LogP contribution is -2.08. The molecule has 0 aromatic heterocycles. The number of rotatable bonds is 11. The highest BCUT2D eigenvalue weighted by Gasteiger charge is 2.32. The van der Waals surface area contributed by atoms with Crippen molar-refractivity contribution in [3.8, 4) is 0 Å². The van der Waals surface area contributed by atoms with Crippen LogP contribution in [0.3, 0.4) is 0 Å². The molecule has 0 aliphatic carbocycles. The zero-order valence-electron chi connectivity index (χ0n) is 10.8. The second-order valence-electron chi connectivity index (χ2n) is 4.61. The Bertz CT molecular complexity index is 201. The summed E-state index contributed by atoms with van der Waals surface area (Å²) >= 11 is 0. The standard InChI is InChI=1S/C12H26O4P/c1-2-3-4-5-6-7-8-9-10-12(13)11-17(14,15)16/h14-16H,2-11H2,1H3/q+1. The van der Waals surface area contributed by atoms with Crippen molar-refractivity contribution >= 4 is 13.7 Å². The van der Waals surface area contributed by atoms with Crippen molar-refractivity contribution in [2.45, 2.75) is 64.7 Å². The minimum Gasteiger partial charge on any atom is -0.295 e. The van der Waals surface area contributed by atoms with Crippen LogP contribution >= 0.6 is 7.94 Å². The minimum absolute atomic E-state index is 0.253. The molecule has 0 aliphatic rings. The average Bonchev–Trinajstić information content (AvgIpc) is 2.19. The van der Waals surface area contributed by atoms with Crippen molar-refractivity contribution in [3.05, 3.63) is 0 Å². The van der Waals surface area contributed by atoms with Crippen LogP contribution in [0.2, 0.25) is 0 Å². The summed E-state index contributed by atoms with van der Waals surface area (Å²) in [4.78, 5) is 37.3. The molecule has 0 bridgehead atoms.